The normalized spacial score (nSPS) is 12.9. The molecule has 3 nitrogen and oxygen atoms in total. The molecule has 2 aromatic rings. The molecule has 0 aliphatic heterocycles. The van der Waals surface area contributed by atoms with Crippen molar-refractivity contribution in [1.29, 1.82) is 0 Å². The lowest BCUT2D eigenvalue weighted by Crippen LogP contribution is -2.22. The van der Waals surface area contributed by atoms with Crippen LogP contribution in [0.1, 0.15) is 35.5 Å². The van der Waals surface area contributed by atoms with Gasteiger partial charge in [-0.05, 0) is 39.4 Å². The highest BCUT2D eigenvalue weighted by molar-refractivity contribution is 6.31. The Hall–Kier alpha value is -1.32. The van der Waals surface area contributed by atoms with Crippen LogP contribution in [0.5, 0.6) is 0 Å². The van der Waals surface area contributed by atoms with E-state index in [1.165, 1.54) is 0 Å². The Labute approximate surface area is 119 Å². The van der Waals surface area contributed by atoms with Crippen LogP contribution in [0, 0.1) is 13.8 Å². The van der Waals surface area contributed by atoms with Gasteiger partial charge in [-0.25, -0.2) is 0 Å². The second kappa shape index (κ2) is 5.76. The molecule has 0 radical (unpaired) electrons. The van der Waals surface area contributed by atoms with Crippen molar-refractivity contribution in [3.05, 3.63) is 51.9 Å². The standard InChI is InChI=1S/C15H19ClN2O/c1-10-14(12(3)19-17-10)9-18(4)11(2)13-7-5-6-8-15(13)16/h5-8,11H,9H2,1-4H3/t11-/m1/s1. The third-order valence-electron chi connectivity index (χ3n) is 3.61. The van der Waals surface area contributed by atoms with Crippen LogP contribution in [0.3, 0.4) is 0 Å². The Morgan fingerprint density at radius 2 is 2.00 bits per heavy atom. The lowest BCUT2D eigenvalue weighted by atomic mass is 10.1. The SMILES string of the molecule is Cc1noc(C)c1CN(C)[C@H](C)c1ccccc1Cl. The summed E-state index contributed by atoms with van der Waals surface area (Å²) in [4.78, 5) is 2.24. The molecular weight excluding hydrogens is 260 g/mol. The number of rotatable bonds is 4. The molecule has 0 bridgehead atoms. The van der Waals surface area contributed by atoms with E-state index in [1.807, 2.05) is 32.0 Å². The van der Waals surface area contributed by atoms with Gasteiger partial charge in [0.05, 0.1) is 5.69 Å². The number of nitrogens with zero attached hydrogens (tertiary/aromatic N) is 2. The van der Waals surface area contributed by atoms with Crippen molar-refractivity contribution in [2.45, 2.75) is 33.4 Å². The maximum Gasteiger partial charge on any atom is 0.138 e. The van der Waals surface area contributed by atoms with Crippen LogP contribution in [0.25, 0.3) is 0 Å². The van der Waals surface area contributed by atoms with Crippen molar-refractivity contribution in [3.63, 3.8) is 0 Å². The third-order valence-corrected chi connectivity index (χ3v) is 3.95. The lowest BCUT2D eigenvalue weighted by molar-refractivity contribution is 0.251. The summed E-state index contributed by atoms with van der Waals surface area (Å²) >= 11 is 6.25. The first-order chi connectivity index (χ1) is 9.00. The second-order valence-electron chi connectivity index (χ2n) is 4.92. The zero-order chi connectivity index (χ0) is 14.0. The average molecular weight is 279 g/mol. The summed E-state index contributed by atoms with van der Waals surface area (Å²) in [5, 5.41) is 4.80. The number of halogens is 1. The zero-order valence-electron chi connectivity index (χ0n) is 11.8. The average Bonchev–Trinajstić information content (AvgIpc) is 2.70. The minimum Gasteiger partial charge on any atom is -0.361 e. The molecule has 4 heteroatoms. The van der Waals surface area contributed by atoms with E-state index in [1.54, 1.807) is 0 Å². The predicted molar refractivity (Wildman–Crippen MR) is 77.3 cm³/mol. The van der Waals surface area contributed by atoms with Gasteiger partial charge in [0.2, 0.25) is 0 Å². The first kappa shape index (κ1) is 14.1. The summed E-state index contributed by atoms with van der Waals surface area (Å²) < 4.78 is 5.20. The van der Waals surface area contributed by atoms with E-state index in [9.17, 15) is 0 Å². The van der Waals surface area contributed by atoms with Crippen molar-refractivity contribution in [3.8, 4) is 0 Å². The summed E-state index contributed by atoms with van der Waals surface area (Å²) in [6.07, 6.45) is 0. The zero-order valence-corrected chi connectivity index (χ0v) is 12.5. The van der Waals surface area contributed by atoms with Crippen molar-refractivity contribution in [2.24, 2.45) is 0 Å². The molecule has 1 aromatic heterocycles. The third kappa shape index (κ3) is 2.99. The number of aromatic nitrogens is 1. The molecule has 1 heterocycles. The molecule has 0 amide bonds. The molecule has 0 aliphatic rings. The van der Waals surface area contributed by atoms with Gasteiger partial charge in [0.25, 0.3) is 0 Å². The van der Waals surface area contributed by atoms with Crippen LogP contribution in [-0.2, 0) is 6.54 Å². The fourth-order valence-electron chi connectivity index (χ4n) is 2.17. The molecule has 0 saturated carbocycles. The summed E-state index contributed by atoms with van der Waals surface area (Å²) in [6, 6.07) is 8.20. The van der Waals surface area contributed by atoms with Gasteiger partial charge in [-0.1, -0.05) is 35.0 Å². The Bertz CT molecular complexity index is 546. The molecule has 19 heavy (non-hydrogen) atoms. The minimum atomic E-state index is 0.238. The highest BCUT2D eigenvalue weighted by Gasteiger charge is 2.18. The van der Waals surface area contributed by atoms with Gasteiger partial charge in [0.15, 0.2) is 0 Å². The van der Waals surface area contributed by atoms with E-state index in [0.717, 1.165) is 34.1 Å². The Balaban J connectivity index is 2.17. The lowest BCUT2D eigenvalue weighted by Gasteiger charge is -2.25. The van der Waals surface area contributed by atoms with Crippen LogP contribution in [0.2, 0.25) is 5.02 Å². The number of hydrogen-bond acceptors (Lipinski definition) is 3. The Kier molecular flexibility index (Phi) is 4.27. The van der Waals surface area contributed by atoms with E-state index < -0.39 is 0 Å². The second-order valence-corrected chi connectivity index (χ2v) is 5.32. The number of aryl methyl sites for hydroxylation is 2. The first-order valence-electron chi connectivity index (χ1n) is 6.37. The Morgan fingerprint density at radius 3 is 2.58 bits per heavy atom. The molecular formula is C15H19ClN2O. The molecule has 0 N–H and O–H groups in total. The van der Waals surface area contributed by atoms with Gasteiger partial charge < -0.3 is 4.52 Å². The molecule has 1 aromatic carbocycles. The van der Waals surface area contributed by atoms with Crippen LogP contribution in [-0.4, -0.2) is 17.1 Å². The summed E-state index contributed by atoms with van der Waals surface area (Å²) in [5.41, 5.74) is 3.25. The molecule has 0 unspecified atom stereocenters. The molecule has 0 spiro atoms. The van der Waals surface area contributed by atoms with Gasteiger partial charge in [0, 0.05) is 23.2 Å². The quantitative estimate of drug-likeness (QED) is 0.842. The Morgan fingerprint density at radius 1 is 1.32 bits per heavy atom. The van der Waals surface area contributed by atoms with Gasteiger partial charge in [-0.15, -0.1) is 0 Å². The largest absolute Gasteiger partial charge is 0.361 e. The monoisotopic (exact) mass is 278 g/mol. The van der Waals surface area contributed by atoms with E-state index >= 15 is 0 Å². The van der Waals surface area contributed by atoms with Gasteiger partial charge in [-0.2, -0.15) is 0 Å². The van der Waals surface area contributed by atoms with Gasteiger partial charge in [-0.3, -0.25) is 4.90 Å². The smallest absolute Gasteiger partial charge is 0.138 e. The molecule has 102 valence electrons. The number of benzene rings is 1. The van der Waals surface area contributed by atoms with Crippen LogP contribution < -0.4 is 0 Å². The maximum absolute atomic E-state index is 6.25. The van der Waals surface area contributed by atoms with E-state index in [4.69, 9.17) is 16.1 Å². The van der Waals surface area contributed by atoms with Crippen molar-refractivity contribution >= 4 is 11.6 Å². The molecule has 0 aliphatic carbocycles. The molecule has 2 rings (SSSR count). The van der Waals surface area contributed by atoms with Crippen LogP contribution in [0.4, 0.5) is 0 Å². The maximum atomic E-state index is 6.25. The fourth-order valence-corrected chi connectivity index (χ4v) is 2.46. The highest BCUT2D eigenvalue weighted by Crippen LogP contribution is 2.28. The molecule has 1 atom stereocenters. The highest BCUT2D eigenvalue weighted by atomic mass is 35.5. The van der Waals surface area contributed by atoms with E-state index in [-0.39, 0.29) is 6.04 Å². The van der Waals surface area contributed by atoms with Gasteiger partial charge >= 0.3 is 0 Å². The van der Waals surface area contributed by atoms with Crippen molar-refractivity contribution in [1.82, 2.24) is 10.1 Å². The van der Waals surface area contributed by atoms with E-state index in [0.29, 0.717) is 0 Å². The minimum absolute atomic E-state index is 0.238. The molecule has 0 fully saturated rings. The van der Waals surface area contributed by atoms with E-state index in [2.05, 4.69) is 30.1 Å². The number of hydrogen-bond donors (Lipinski definition) is 0. The fraction of sp³-hybridized carbons (Fsp3) is 0.400. The first-order valence-corrected chi connectivity index (χ1v) is 6.75. The summed E-state index contributed by atoms with van der Waals surface area (Å²) in [5.74, 6) is 0.885. The summed E-state index contributed by atoms with van der Waals surface area (Å²) in [7, 11) is 2.08. The van der Waals surface area contributed by atoms with Crippen molar-refractivity contribution in [2.75, 3.05) is 7.05 Å². The predicted octanol–water partition coefficient (Wildman–Crippen LogP) is 4.14. The van der Waals surface area contributed by atoms with Gasteiger partial charge in [0.1, 0.15) is 5.76 Å². The van der Waals surface area contributed by atoms with Crippen LogP contribution in [0.15, 0.2) is 28.8 Å². The van der Waals surface area contributed by atoms with Crippen molar-refractivity contribution < 1.29 is 4.52 Å². The van der Waals surface area contributed by atoms with Crippen LogP contribution >= 0.6 is 11.6 Å². The topological polar surface area (TPSA) is 29.3 Å². The molecule has 0 saturated heterocycles. The summed E-state index contributed by atoms with van der Waals surface area (Å²) in [6.45, 7) is 6.87.